The molecule has 0 unspecified atom stereocenters. The standard InChI is InChI=1S/C20H20N2O3S3/c1-26-10-8-22-15-11-16-17(25-13-24-16)12-18(15)28-20(22)21-19(23)7-9-27-14-5-3-2-4-6-14/h2-6,11-12H,7-10,13H2,1H3. The van der Waals surface area contributed by atoms with Crippen LogP contribution in [0.2, 0.25) is 0 Å². The van der Waals surface area contributed by atoms with Crippen LogP contribution in [0.4, 0.5) is 0 Å². The zero-order valence-electron chi connectivity index (χ0n) is 15.4. The Morgan fingerprint density at radius 3 is 2.75 bits per heavy atom. The van der Waals surface area contributed by atoms with Crippen molar-refractivity contribution in [3.05, 3.63) is 47.3 Å². The summed E-state index contributed by atoms with van der Waals surface area (Å²) in [7, 11) is 0. The molecule has 0 aliphatic carbocycles. The van der Waals surface area contributed by atoms with Crippen LogP contribution in [0, 0.1) is 0 Å². The quantitative estimate of drug-likeness (QED) is 0.518. The van der Waals surface area contributed by atoms with Gasteiger partial charge in [-0.1, -0.05) is 29.5 Å². The number of hydrogen-bond acceptors (Lipinski definition) is 6. The van der Waals surface area contributed by atoms with Crippen LogP contribution in [0.5, 0.6) is 11.5 Å². The number of fused-ring (bicyclic) bond motifs is 2. The Kier molecular flexibility index (Phi) is 6.29. The maximum Gasteiger partial charge on any atom is 0.249 e. The minimum absolute atomic E-state index is 0.0899. The number of ether oxygens (including phenoxy) is 2. The summed E-state index contributed by atoms with van der Waals surface area (Å²) in [5.41, 5.74) is 1.04. The van der Waals surface area contributed by atoms with Crippen molar-refractivity contribution in [2.45, 2.75) is 17.9 Å². The van der Waals surface area contributed by atoms with Crippen LogP contribution in [0.1, 0.15) is 6.42 Å². The molecule has 0 saturated heterocycles. The molecule has 2 heterocycles. The first-order valence-corrected chi connectivity index (χ1v) is 12.1. The molecule has 4 rings (SSSR count). The van der Waals surface area contributed by atoms with Gasteiger partial charge >= 0.3 is 0 Å². The molecular formula is C20H20N2O3S3. The number of aryl methyl sites for hydroxylation is 1. The lowest BCUT2D eigenvalue weighted by atomic mass is 10.3. The predicted molar refractivity (Wildman–Crippen MR) is 117 cm³/mol. The van der Waals surface area contributed by atoms with Crippen LogP contribution in [-0.4, -0.2) is 35.0 Å². The Bertz CT molecular complexity index is 1040. The Morgan fingerprint density at radius 2 is 1.96 bits per heavy atom. The average molecular weight is 433 g/mol. The molecule has 0 saturated carbocycles. The van der Waals surface area contributed by atoms with Gasteiger partial charge in [0.1, 0.15) is 0 Å². The third-order valence-corrected chi connectivity index (χ3v) is 6.89. The second-order valence-electron chi connectivity index (χ2n) is 6.12. The van der Waals surface area contributed by atoms with Gasteiger partial charge in [0.2, 0.25) is 12.7 Å². The summed E-state index contributed by atoms with van der Waals surface area (Å²) < 4.78 is 14.2. The molecule has 3 aromatic rings. The van der Waals surface area contributed by atoms with Crippen molar-refractivity contribution in [1.29, 1.82) is 0 Å². The smallest absolute Gasteiger partial charge is 0.249 e. The zero-order chi connectivity index (χ0) is 19.3. The fourth-order valence-electron chi connectivity index (χ4n) is 2.88. The Balaban J connectivity index is 1.56. The molecule has 1 aliphatic heterocycles. The summed E-state index contributed by atoms with van der Waals surface area (Å²) in [6.45, 7) is 1.05. The van der Waals surface area contributed by atoms with Crippen molar-refractivity contribution in [2.75, 3.05) is 24.6 Å². The first-order valence-electron chi connectivity index (χ1n) is 8.92. The molecule has 8 heteroatoms. The average Bonchev–Trinajstić information content (AvgIpc) is 3.28. The lowest BCUT2D eigenvalue weighted by Gasteiger charge is -2.04. The van der Waals surface area contributed by atoms with Crippen LogP contribution >= 0.6 is 34.9 Å². The van der Waals surface area contributed by atoms with E-state index in [2.05, 4.69) is 27.9 Å². The van der Waals surface area contributed by atoms with Gasteiger partial charge in [-0.15, -0.1) is 11.8 Å². The largest absolute Gasteiger partial charge is 0.454 e. The monoisotopic (exact) mass is 432 g/mol. The molecule has 1 aromatic heterocycles. The minimum Gasteiger partial charge on any atom is -0.454 e. The molecule has 0 bridgehead atoms. The normalized spacial score (nSPS) is 13.4. The Morgan fingerprint density at radius 1 is 1.18 bits per heavy atom. The number of carbonyl (C=O) groups is 1. The highest BCUT2D eigenvalue weighted by atomic mass is 32.2. The lowest BCUT2D eigenvalue weighted by molar-refractivity contribution is -0.117. The topological polar surface area (TPSA) is 52.8 Å². The molecular weight excluding hydrogens is 412 g/mol. The summed E-state index contributed by atoms with van der Waals surface area (Å²) in [4.78, 5) is 18.8. The molecule has 1 amide bonds. The number of thioether (sulfide) groups is 2. The van der Waals surface area contributed by atoms with Crippen molar-refractivity contribution in [2.24, 2.45) is 4.99 Å². The molecule has 28 heavy (non-hydrogen) atoms. The van der Waals surface area contributed by atoms with Crippen molar-refractivity contribution in [3.63, 3.8) is 0 Å². The Labute approximate surface area is 175 Å². The zero-order valence-corrected chi connectivity index (χ0v) is 17.9. The lowest BCUT2D eigenvalue weighted by Crippen LogP contribution is -2.18. The molecule has 0 N–H and O–H groups in total. The molecule has 0 atom stereocenters. The predicted octanol–water partition coefficient (Wildman–Crippen LogP) is 4.40. The van der Waals surface area contributed by atoms with E-state index in [4.69, 9.17) is 9.47 Å². The SMILES string of the molecule is CSCCn1c(=NC(=O)CCSc2ccccc2)sc2cc3c(cc21)OCO3. The molecule has 2 aromatic carbocycles. The van der Waals surface area contributed by atoms with Crippen molar-refractivity contribution >= 4 is 51.0 Å². The maximum atomic E-state index is 12.5. The van der Waals surface area contributed by atoms with E-state index in [-0.39, 0.29) is 12.7 Å². The van der Waals surface area contributed by atoms with E-state index in [1.54, 1.807) is 23.5 Å². The van der Waals surface area contributed by atoms with E-state index in [1.165, 1.54) is 16.2 Å². The highest BCUT2D eigenvalue weighted by molar-refractivity contribution is 7.99. The molecule has 5 nitrogen and oxygen atoms in total. The molecule has 0 fully saturated rings. The highest BCUT2D eigenvalue weighted by Gasteiger charge is 2.17. The number of aromatic nitrogens is 1. The van der Waals surface area contributed by atoms with Crippen LogP contribution in [0.25, 0.3) is 10.2 Å². The Hall–Kier alpha value is -1.90. The third-order valence-electron chi connectivity index (χ3n) is 4.24. The van der Waals surface area contributed by atoms with E-state index < -0.39 is 0 Å². The van der Waals surface area contributed by atoms with Gasteiger partial charge in [-0.05, 0) is 18.4 Å². The van der Waals surface area contributed by atoms with Gasteiger partial charge in [-0.2, -0.15) is 16.8 Å². The van der Waals surface area contributed by atoms with Gasteiger partial charge in [0.25, 0.3) is 0 Å². The van der Waals surface area contributed by atoms with Crippen molar-refractivity contribution in [1.82, 2.24) is 4.57 Å². The van der Waals surface area contributed by atoms with Gasteiger partial charge in [-0.25, -0.2) is 0 Å². The number of rotatable bonds is 7. The summed E-state index contributed by atoms with van der Waals surface area (Å²) in [6.07, 6.45) is 2.49. The van der Waals surface area contributed by atoms with Gasteiger partial charge in [-0.3, -0.25) is 4.79 Å². The van der Waals surface area contributed by atoms with Crippen LogP contribution in [-0.2, 0) is 11.3 Å². The van der Waals surface area contributed by atoms with Crippen molar-refractivity contribution < 1.29 is 14.3 Å². The van der Waals surface area contributed by atoms with Gasteiger partial charge in [0.15, 0.2) is 16.3 Å². The molecule has 0 radical (unpaired) electrons. The van der Waals surface area contributed by atoms with Gasteiger partial charge in [0.05, 0.1) is 10.2 Å². The number of carbonyl (C=O) groups excluding carboxylic acids is 1. The fourth-order valence-corrected chi connectivity index (χ4v) is 5.19. The van der Waals surface area contributed by atoms with Gasteiger partial charge < -0.3 is 14.0 Å². The van der Waals surface area contributed by atoms with E-state index in [0.717, 1.165) is 44.6 Å². The number of nitrogens with zero attached hydrogens (tertiary/aromatic N) is 2. The number of thiazole rings is 1. The van der Waals surface area contributed by atoms with E-state index in [1.807, 2.05) is 30.3 Å². The van der Waals surface area contributed by atoms with E-state index in [9.17, 15) is 4.79 Å². The second kappa shape index (κ2) is 9.07. The molecule has 146 valence electrons. The number of benzene rings is 2. The van der Waals surface area contributed by atoms with Crippen LogP contribution < -0.4 is 14.3 Å². The summed E-state index contributed by atoms with van der Waals surface area (Å²) >= 11 is 4.97. The fraction of sp³-hybridized carbons (Fsp3) is 0.300. The highest BCUT2D eigenvalue weighted by Crippen LogP contribution is 2.37. The van der Waals surface area contributed by atoms with E-state index in [0.29, 0.717) is 6.42 Å². The maximum absolute atomic E-state index is 12.5. The molecule has 0 spiro atoms. The van der Waals surface area contributed by atoms with Crippen molar-refractivity contribution in [3.8, 4) is 11.5 Å². The van der Waals surface area contributed by atoms with Gasteiger partial charge in [0, 0.05) is 41.5 Å². The first kappa shape index (κ1) is 19.4. The molecule has 1 aliphatic rings. The van der Waals surface area contributed by atoms with Crippen LogP contribution in [0.3, 0.4) is 0 Å². The third kappa shape index (κ3) is 4.39. The van der Waals surface area contributed by atoms with E-state index >= 15 is 0 Å². The summed E-state index contributed by atoms with van der Waals surface area (Å²) in [6, 6.07) is 14.1. The number of hydrogen-bond donors (Lipinski definition) is 0. The minimum atomic E-state index is -0.0899. The summed E-state index contributed by atoms with van der Waals surface area (Å²) in [5.74, 6) is 3.08. The number of amides is 1. The first-order chi connectivity index (χ1) is 13.7. The van der Waals surface area contributed by atoms with Crippen LogP contribution in [0.15, 0.2) is 52.4 Å². The summed E-state index contributed by atoms with van der Waals surface area (Å²) in [5, 5.41) is 0. The second-order valence-corrected chi connectivity index (χ2v) is 9.28.